The van der Waals surface area contributed by atoms with Gasteiger partial charge in [-0.2, -0.15) is 16.9 Å². The van der Waals surface area contributed by atoms with Crippen LogP contribution in [-0.2, 0) is 49.6 Å². The van der Waals surface area contributed by atoms with Crippen molar-refractivity contribution in [3.05, 3.63) is 58.9 Å². The first kappa shape index (κ1) is 69.2. The molecule has 82 heavy (non-hydrogen) atoms. The molecule has 22 N–H and O–H groups in total. The van der Waals surface area contributed by atoms with Crippen molar-refractivity contribution in [3.8, 4) is 0 Å². The molecule has 0 aliphatic rings. The average molecular weight is 1190 g/mol. The van der Waals surface area contributed by atoms with Crippen LogP contribution < -0.4 is 76.1 Å². The Hall–Kier alpha value is -8.92. The molecule has 0 fully saturated rings. The molecule has 0 spiro atoms. The summed E-state index contributed by atoms with van der Waals surface area (Å²) < 4.78 is 69.6. The number of amides is 8. The number of nitrogens with zero attached hydrogens (tertiary/aromatic N) is 2. The van der Waals surface area contributed by atoms with Crippen molar-refractivity contribution in [2.45, 2.75) is 114 Å². The van der Waals surface area contributed by atoms with Crippen molar-refractivity contribution < 1.29 is 70.2 Å². The molecule has 2 aromatic rings. The fourth-order valence-corrected chi connectivity index (χ4v) is 7.71. The zero-order valence-electron chi connectivity index (χ0n) is 44.7. The SMILES string of the molecule is CSCCC(NC(=O)C(CCCNC(=N)N)NC(C)=O)C(=O)NC(CC(=O)O)C(=O)NC(C)C(=O)NC(CCCNC(=N)N)C(=O)NC(Cc1ccc(/N=N/c2c(F)c(F)c(F)c(F)c2F)cc1)C(=O)NC(CCCNC(=N)N)C(N)=O. The van der Waals surface area contributed by atoms with Crippen LogP contribution in [0, 0.1) is 45.3 Å². The highest BCUT2D eigenvalue weighted by atomic mass is 32.2. The Bertz CT molecular complexity index is 2650. The molecule has 0 aliphatic carbocycles. The second-order valence-electron chi connectivity index (χ2n) is 18.0. The summed E-state index contributed by atoms with van der Waals surface area (Å²) in [6, 6.07) is -5.68. The molecule has 2 rings (SSSR count). The summed E-state index contributed by atoms with van der Waals surface area (Å²) in [5, 5.41) is 63.1. The Morgan fingerprint density at radius 3 is 1.38 bits per heavy atom. The summed E-state index contributed by atoms with van der Waals surface area (Å²) in [4.78, 5) is 119. The lowest BCUT2D eigenvalue weighted by Gasteiger charge is -2.27. The number of carbonyl (C=O) groups excluding carboxylic acids is 8. The quantitative estimate of drug-likeness (QED) is 0.00694. The van der Waals surface area contributed by atoms with Crippen LogP contribution in [0.4, 0.5) is 33.3 Å². The van der Waals surface area contributed by atoms with Crippen LogP contribution in [0.1, 0.15) is 70.8 Å². The van der Waals surface area contributed by atoms with E-state index < -0.39 is 149 Å². The smallest absolute Gasteiger partial charge is 0.305 e. The predicted octanol–water partition coefficient (Wildman–Crippen LogP) is -1.72. The minimum atomic E-state index is -2.41. The molecular formula is C47H68F5N19O10S. The summed E-state index contributed by atoms with van der Waals surface area (Å²) in [5.41, 5.74) is 20.0. The second-order valence-corrected chi connectivity index (χ2v) is 19.0. The van der Waals surface area contributed by atoms with Gasteiger partial charge < -0.3 is 81.2 Å². The van der Waals surface area contributed by atoms with E-state index >= 15 is 0 Å². The van der Waals surface area contributed by atoms with Crippen molar-refractivity contribution in [3.63, 3.8) is 0 Å². The Morgan fingerprint density at radius 2 is 0.927 bits per heavy atom. The van der Waals surface area contributed by atoms with Crippen molar-refractivity contribution >= 4 is 94.2 Å². The molecule has 35 heteroatoms. The number of carboxylic acid groups (broad SMARTS) is 1. The van der Waals surface area contributed by atoms with Crippen LogP contribution in [-0.4, -0.2) is 150 Å². The summed E-state index contributed by atoms with van der Waals surface area (Å²) in [6.45, 7) is 2.53. The Kier molecular flexibility index (Phi) is 29.5. The van der Waals surface area contributed by atoms with Crippen LogP contribution in [0.5, 0.6) is 0 Å². The fraction of sp³-hybridized carbons (Fsp3) is 0.489. The number of guanidine groups is 3. The molecule has 0 saturated carbocycles. The number of primary amides is 1. The van der Waals surface area contributed by atoms with Gasteiger partial charge in [0.25, 0.3) is 0 Å². The Balaban J connectivity index is 2.46. The van der Waals surface area contributed by atoms with Gasteiger partial charge in [0.15, 0.2) is 46.8 Å². The van der Waals surface area contributed by atoms with E-state index in [4.69, 9.17) is 39.2 Å². The number of carboxylic acids is 1. The van der Waals surface area contributed by atoms with E-state index in [1.54, 1.807) is 6.26 Å². The summed E-state index contributed by atoms with van der Waals surface area (Å²) in [6.07, 6.45) is 0.339. The normalized spacial score (nSPS) is 13.5. The van der Waals surface area contributed by atoms with Crippen molar-refractivity contribution in [1.29, 1.82) is 16.2 Å². The number of hydrogen-bond donors (Lipinski definition) is 18. The fourth-order valence-electron chi connectivity index (χ4n) is 7.24. The van der Waals surface area contributed by atoms with Crippen LogP contribution in [0.15, 0.2) is 34.5 Å². The van der Waals surface area contributed by atoms with Crippen LogP contribution in [0.2, 0.25) is 0 Å². The van der Waals surface area contributed by atoms with Crippen molar-refractivity contribution in [1.82, 2.24) is 53.2 Å². The maximum Gasteiger partial charge on any atom is 0.305 e. The number of halogens is 5. The lowest BCUT2D eigenvalue weighted by Crippen LogP contribution is -2.60. The minimum absolute atomic E-state index is 0.0121. The maximum atomic E-state index is 14.3. The first-order valence-electron chi connectivity index (χ1n) is 24.9. The van der Waals surface area contributed by atoms with Crippen LogP contribution in [0.3, 0.4) is 0 Å². The Morgan fingerprint density at radius 1 is 0.537 bits per heavy atom. The molecule has 29 nitrogen and oxygen atoms in total. The summed E-state index contributed by atoms with van der Waals surface area (Å²) >= 11 is 1.29. The first-order valence-corrected chi connectivity index (χ1v) is 26.3. The van der Waals surface area contributed by atoms with Crippen LogP contribution in [0.25, 0.3) is 0 Å². The molecule has 7 unspecified atom stereocenters. The average Bonchev–Trinajstić information content (AvgIpc) is 3.56. The maximum absolute atomic E-state index is 14.3. The highest BCUT2D eigenvalue weighted by Gasteiger charge is 2.34. The largest absolute Gasteiger partial charge is 0.481 e. The monoisotopic (exact) mass is 1190 g/mol. The number of benzene rings is 2. The molecule has 0 aliphatic heterocycles. The number of rotatable bonds is 35. The molecule has 452 valence electrons. The third-order valence-corrected chi connectivity index (χ3v) is 12.1. The van der Waals surface area contributed by atoms with Gasteiger partial charge in [0.1, 0.15) is 42.3 Å². The van der Waals surface area contributed by atoms with Crippen molar-refractivity contribution in [2.75, 3.05) is 31.6 Å². The van der Waals surface area contributed by atoms with Gasteiger partial charge in [-0.1, -0.05) is 12.1 Å². The van der Waals surface area contributed by atoms with E-state index in [0.717, 1.165) is 26.0 Å². The molecule has 8 amide bonds. The molecule has 0 saturated heterocycles. The first-order chi connectivity index (χ1) is 38.6. The number of thioether (sulfide) groups is 1. The number of azo groups is 1. The van der Waals surface area contributed by atoms with Gasteiger partial charge >= 0.3 is 5.97 Å². The number of nitrogens with one attached hydrogen (secondary N) is 13. The van der Waals surface area contributed by atoms with Gasteiger partial charge in [0.2, 0.25) is 53.1 Å². The van der Waals surface area contributed by atoms with Gasteiger partial charge in [0.05, 0.1) is 12.1 Å². The highest BCUT2D eigenvalue weighted by Crippen LogP contribution is 2.31. The predicted molar refractivity (Wildman–Crippen MR) is 287 cm³/mol. The zero-order chi connectivity index (χ0) is 61.8. The summed E-state index contributed by atoms with van der Waals surface area (Å²) in [7, 11) is 0. The highest BCUT2D eigenvalue weighted by molar-refractivity contribution is 7.98. The van der Waals surface area contributed by atoms with Gasteiger partial charge in [-0.05, 0) is 81.6 Å². The van der Waals surface area contributed by atoms with Crippen molar-refractivity contribution in [2.24, 2.45) is 33.2 Å². The third kappa shape index (κ3) is 24.6. The Labute approximate surface area is 470 Å². The van der Waals surface area contributed by atoms with E-state index in [9.17, 15) is 70.2 Å². The van der Waals surface area contributed by atoms with Crippen LogP contribution >= 0.6 is 11.8 Å². The van der Waals surface area contributed by atoms with E-state index in [2.05, 4.69) is 63.4 Å². The van der Waals surface area contributed by atoms with E-state index in [0.29, 0.717) is 0 Å². The third-order valence-electron chi connectivity index (χ3n) is 11.4. The number of nitrogens with two attached hydrogens (primary N) is 4. The van der Waals surface area contributed by atoms with E-state index in [-0.39, 0.29) is 93.5 Å². The van der Waals surface area contributed by atoms with E-state index in [1.165, 1.54) is 23.9 Å². The van der Waals surface area contributed by atoms with Gasteiger partial charge in [0, 0.05) is 33.0 Å². The van der Waals surface area contributed by atoms with Gasteiger partial charge in [-0.25, -0.2) is 22.0 Å². The molecule has 2 aromatic carbocycles. The molecule has 0 bridgehead atoms. The second kappa shape index (κ2) is 34.9. The number of carbonyl (C=O) groups is 9. The molecule has 7 atom stereocenters. The molecule has 0 aromatic heterocycles. The minimum Gasteiger partial charge on any atom is -0.481 e. The van der Waals surface area contributed by atoms with Gasteiger partial charge in [-0.15, -0.1) is 5.11 Å². The number of aliphatic carboxylic acids is 1. The topological polar surface area (TPSA) is 495 Å². The lowest BCUT2D eigenvalue weighted by atomic mass is 10.0. The standard InChI is InChI=1S/C47H68F5N19O10S/c1-21(63-43(80)30(20-31(73)74)69-42(79)28(14-18-82-3)67-40(77)26(64-22(2)72)8-5-16-61-46(56)57)39(76)66-27(9-6-17-62-47(58)59)41(78)68-29(44(81)65-25(38(53)75)7-4-15-60-45(54)55)19-23-10-12-24(13-11-23)70-71-37-35(51)33(49)32(48)34(50)36(37)52/h10-13,21,25-30H,4-9,14-20H2,1-3H3,(H2,53,75)(H,63,80)(H,64,72)(H,65,81)(H,66,76)(H,67,77)(H,68,78)(H,69,79)(H,73,74)(H4,54,55,60)(H4,56,57,61)(H4,58,59,62)/b71-70+. The zero-order valence-corrected chi connectivity index (χ0v) is 45.5. The molecule has 0 radical (unpaired) electrons. The number of hydrogen-bond acceptors (Lipinski definition) is 15. The summed E-state index contributed by atoms with van der Waals surface area (Å²) in [5.74, 6) is -21.6. The lowest BCUT2D eigenvalue weighted by molar-refractivity contribution is -0.141. The molecule has 0 heterocycles. The van der Waals surface area contributed by atoms with E-state index in [1.807, 2.05) is 0 Å². The van der Waals surface area contributed by atoms with Gasteiger partial charge in [-0.3, -0.25) is 59.4 Å². The molecular weight excluding hydrogens is 1120 g/mol.